The summed E-state index contributed by atoms with van der Waals surface area (Å²) in [4.78, 5) is 3.00. The van der Waals surface area contributed by atoms with Crippen LogP contribution in [0.2, 0.25) is 15.1 Å². The fourth-order valence-electron chi connectivity index (χ4n) is 1.60. The SMILES string of the molecule is Fc1c(-c2cc(Cl)cc(Cl)c2Cl)ccnc1C(F)(F)F. The van der Waals surface area contributed by atoms with Crippen LogP contribution in [-0.4, -0.2) is 4.98 Å². The van der Waals surface area contributed by atoms with Crippen molar-refractivity contribution in [3.63, 3.8) is 0 Å². The van der Waals surface area contributed by atoms with Crippen LogP contribution < -0.4 is 0 Å². The Kier molecular flexibility index (Phi) is 4.14. The standard InChI is InChI=1S/C12H4Cl3F4N/c13-5-3-7(9(15)8(14)4-5)6-1-2-20-11(10(6)16)12(17,18)19/h1-4H. The molecule has 0 saturated heterocycles. The monoisotopic (exact) mass is 343 g/mol. The molecule has 0 unspecified atom stereocenters. The molecule has 0 spiro atoms. The third-order valence-electron chi connectivity index (χ3n) is 2.44. The first kappa shape index (κ1) is 15.4. The minimum atomic E-state index is -4.91. The fraction of sp³-hybridized carbons (Fsp3) is 0.0833. The summed E-state index contributed by atoms with van der Waals surface area (Å²) >= 11 is 17.4. The van der Waals surface area contributed by atoms with Crippen LogP contribution in [0.25, 0.3) is 11.1 Å². The van der Waals surface area contributed by atoms with Gasteiger partial charge in [0.05, 0.1) is 10.0 Å². The Morgan fingerprint density at radius 3 is 2.25 bits per heavy atom. The van der Waals surface area contributed by atoms with Crippen molar-refractivity contribution in [2.45, 2.75) is 6.18 Å². The molecule has 0 fully saturated rings. The van der Waals surface area contributed by atoms with Gasteiger partial charge in [-0.25, -0.2) is 9.37 Å². The van der Waals surface area contributed by atoms with Gasteiger partial charge in [0.1, 0.15) is 0 Å². The Labute approximate surface area is 126 Å². The van der Waals surface area contributed by atoms with Crippen molar-refractivity contribution in [2.24, 2.45) is 0 Å². The molecule has 106 valence electrons. The quantitative estimate of drug-likeness (QED) is 0.466. The summed E-state index contributed by atoms with van der Waals surface area (Å²) in [7, 11) is 0. The van der Waals surface area contributed by atoms with Crippen LogP contribution in [0.3, 0.4) is 0 Å². The van der Waals surface area contributed by atoms with Crippen LogP contribution in [0.4, 0.5) is 17.6 Å². The van der Waals surface area contributed by atoms with E-state index < -0.39 is 17.7 Å². The van der Waals surface area contributed by atoms with Crippen LogP contribution >= 0.6 is 34.8 Å². The molecule has 0 bridgehead atoms. The van der Waals surface area contributed by atoms with Crippen molar-refractivity contribution < 1.29 is 17.6 Å². The summed E-state index contributed by atoms with van der Waals surface area (Å²) in [5, 5.41) is 0.0485. The smallest absolute Gasteiger partial charge is 0.249 e. The van der Waals surface area contributed by atoms with E-state index in [2.05, 4.69) is 4.98 Å². The normalized spacial score (nSPS) is 11.8. The van der Waals surface area contributed by atoms with Crippen molar-refractivity contribution in [3.8, 4) is 11.1 Å². The van der Waals surface area contributed by atoms with Gasteiger partial charge in [-0.15, -0.1) is 0 Å². The third kappa shape index (κ3) is 2.85. The lowest BCUT2D eigenvalue weighted by Crippen LogP contribution is -2.11. The van der Waals surface area contributed by atoms with Gasteiger partial charge >= 0.3 is 6.18 Å². The second-order valence-electron chi connectivity index (χ2n) is 3.77. The summed E-state index contributed by atoms with van der Waals surface area (Å²) in [5.41, 5.74) is -2.03. The molecule has 0 radical (unpaired) electrons. The van der Waals surface area contributed by atoms with Gasteiger partial charge < -0.3 is 0 Å². The van der Waals surface area contributed by atoms with Crippen molar-refractivity contribution in [1.82, 2.24) is 4.98 Å². The van der Waals surface area contributed by atoms with E-state index in [9.17, 15) is 17.6 Å². The summed E-state index contributed by atoms with van der Waals surface area (Å²) in [5.74, 6) is -1.53. The van der Waals surface area contributed by atoms with E-state index in [1.54, 1.807) is 0 Å². The highest BCUT2D eigenvalue weighted by Gasteiger charge is 2.37. The lowest BCUT2D eigenvalue weighted by molar-refractivity contribution is -0.143. The second kappa shape index (κ2) is 5.39. The molecule has 8 heteroatoms. The number of benzene rings is 1. The lowest BCUT2D eigenvalue weighted by Gasteiger charge is -2.12. The molecule has 1 heterocycles. The number of hydrogen-bond donors (Lipinski definition) is 0. The zero-order chi connectivity index (χ0) is 15.1. The van der Waals surface area contributed by atoms with Gasteiger partial charge in [0.2, 0.25) is 0 Å². The third-order valence-corrected chi connectivity index (χ3v) is 3.46. The highest BCUT2D eigenvalue weighted by Crippen LogP contribution is 2.40. The number of halogens is 7. The second-order valence-corrected chi connectivity index (χ2v) is 4.99. The van der Waals surface area contributed by atoms with Crippen LogP contribution in [0, 0.1) is 5.82 Å². The Hall–Kier alpha value is -1.04. The molecule has 0 aliphatic carbocycles. The number of alkyl halides is 3. The Morgan fingerprint density at radius 2 is 1.65 bits per heavy atom. The molecular formula is C12H4Cl3F4N. The van der Waals surface area contributed by atoms with Crippen LogP contribution in [-0.2, 0) is 6.18 Å². The number of pyridine rings is 1. The molecule has 0 saturated carbocycles. The van der Waals surface area contributed by atoms with Crippen LogP contribution in [0.5, 0.6) is 0 Å². The molecule has 1 nitrogen and oxygen atoms in total. The molecule has 0 aliphatic rings. The summed E-state index contributed by atoms with van der Waals surface area (Å²) in [6.07, 6.45) is -4.07. The summed E-state index contributed by atoms with van der Waals surface area (Å²) in [6.45, 7) is 0. The molecule has 1 aromatic heterocycles. The molecule has 0 aliphatic heterocycles. The van der Waals surface area contributed by atoms with Gasteiger partial charge in [-0.1, -0.05) is 34.8 Å². The molecule has 0 amide bonds. The molecule has 2 rings (SSSR count). The Morgan fingerprint density at radius 1 is 1.00 bits per heavy atom. The number of hydrogen-bond acceptors (Lipinski definition) is 1. The van der Waals surface area contributed by atoms with Crippen molar-refractivity contribution in [1.29, 1.82) is 0 Å². The minimum Gasteiger partial charge on any atom is -0.249 e. The van der Waals surface area contributed by atoms with Crippen molar-refractivity contribution in [3.05, 3.63) is 51.0 Å². The predicted octanol–water partition coefficient (Wildman–Crippen LogP) is 5.87. The first-order valence-corrected chi connectivity index (χ1v) is 6.22. The topological polar surface area (TPSA) is 12.9 Å². The van der Waals surface area contributed by atoms with Gasteiger partial charge in [-0.2, -0.15) is 13.2 Å². The average Bonchev–Trinajstić information content (AvgIpc) is 2.33. The predicted molar refractivity (Wildman–Crippen MR) is 69.7 cm³/mol. The van der Waals surface area contributed by atoms with E-state index in [0.717, 1.165) is 12.3 Å². The molecule has 0 atom stereocenters. The van der Waals surface area contributed by atoms with Crippen molar-refractivity contribution >= 4 is 34.8 Å². The highest BCUT2D eigenvalue weighted by atomic mass is 35.5. The van der Waals surface area contributed by atoms with Crippen LogP contribution in [0.1, 0.15) is 5.69 Å². The van der Waals surface area contributed by atoms with Gasteiger partial charge in [-0.3, -0.25) is 0 Å². The number of rotatable bonds is 1. The summed E-state index contributed by atoms with van der Waals surface area (Å²) < 4.78 is 51.8. The largest absolute Gasteiger partial charge is 0.436 e. The van der Waals surface area contributed by atoms with E-state index >= 15 is 0 Å². The van der Waals surface area contributed by atoms with E-state index in [1.165, 1.54) is 12.1 Å². The molecule has 2 aromatic rings. The van der Waals surface area contributed by atoms with Gasteiger partial charge in [0.25, 0.3) is 0 Å². The van der Waals surface area contributed by atoms with E-state index in [-0.39, 0.29) is 26.2 Å². The first-order valence-electron chi connectivity index (χ1n) is 5.08. The molecular weight excluding hydrogens is 340 g/mol. The Balaban J connectivity index is 2.72. The van der Waals surface area contributed by atoms with E-state index in [4.69, 9.17) is 34.8 Å². The maximum Gasteiger partial charge on any atom is 0.436 e. The zero-order valence-electron chi connectivity index (χ0n) is 9.40. The lowest BCUT2D eigenvalue weighted by atomic mass is 10.0. The van der Waals surface area contributed by atoms with Gasteiger partial charge in [0, 0.05) is 22.3 Å². The van der Waals surface area contributed by atoms with Crippen molar-refractivity contribution in [2.75, 3.05) is 0 Å². The Bertz CT molecular complexity index is 670. The average molecular weight is 345 g/mol. The fourth-order valence-corrected chi connectivity index (χ4v) is 2.31. The molecule has 0 N–H and O–H groups in total. The minimum absolute atomic E-state index is 0.0129. The maximum absolute atomic E-state index is 14.0. The van der Waals surface area contributed by atoms with E-state index in [0.29, 0.717) is 0 Å². The van der Waals surface area contributed by atoms with Gasteiger partial charge in [0.15, 0.2) is 11.5 Å². The van der Waals surface area contributed by atoms with Crippen LogP contribution in [0.15, 0.2) is 24.4 Å². The molecule has 20 heavy (non-hydrogen) atoms. The first-order chi connectivity index (χ1) is 9.21. The van der Waals surface area contributed by atoms with E-state index in [1.807, 2.05) is 0 Å². The summed E-state index contributed by atoms with van der Waals surface area (Å²) in [6, 6.07) is 3.60. The van der Waals surface area contributed by atoms with Gasteiger partial charge in [-0.05, 0) is 18.2 Å². The highest BCUT2D eigenvalue weighted by molar-refractivity contribution is 6.45. The maximum atomic E-state index is 14.0. The molecule has 1 aromatic carbocycles. The number of nitrogens with zero attached hydrogens (tertiary/aromatic N) is 1. The number of aromatic nitrogens is 1. The zero-order valence-corrected chi connectivity index (χ0v) is 11.7.